The Morgan fingerprint density at radius 3 is 3.04 bits per heavy atom. The van der Waals surface area contributed by atoms with Gasteiger partial charge < -0.3 is 15.9 Å². The van der Waals surface area contributed by atoms with Crippen molar-refractivity contribution in [3.05, 3.63) is 59.4 Å². The van der Waals surface area contributed by atoms with Crippen LogP contribution in [0.4, 0.5) is 0 Å². The van der Waals surface area contributed by atoms with E-state index in [0.717, 1.165) is 35.9 Å². The van der Waals surface area contributed by atoms with E-state index in [4.69, 9.17) is 21.1 Å². The van der Waals surface area contributed by atoms with Gasteiger partial charge in [0.1, 0.15) is 5.75 Å². The van der Waals surface area contributed by atoms with Crippen molar-refractivity contribution in [1.29, 1.82) is 10.7 Å². The summed E-state index contributed by atoms with van der Waals surface area (Å²) in [6.07, 6.45) is 11.8. The fourth-order valence-corrected chi connectivity index (χ4v) is 2.53. The lowest BCUT2D eigenvalue weighted by Crippen LogP contribution is -2.04. The van der Waals surface area contributed by atoms with Crippen LogP contribution in [0.15, 0.2) is 53.3 Å². The van der Waals surface area contributed by atoms with Gasteiger partial charge in [-0.25, -0.2) is 0 Å². The molecule has 1 aromatic carbocycles. The Labute approximate surface area is 148 Å². The average molecular weight is 334 g/mol. The third kappa shape index (κ3) is 5.27. The first-order chi connectivity index (χ1) is 12.2. The monoisotopic (exact) mass is 334 g/mol. The minimum atomic E-state index is 0.392. The van der Waals surface area contributed by atoms with E-state index in [1.54, 1.807) is 12.1 Å². The SMILES string of the molecule is C[C@H]1\C=C(CCN)/C=N/C(c2ccc(C#N)cc2O/C=C/C=N)=C/C1. The fraction of sp³-hybridized carbons (Fsp3) is 0.250. The van der Waals surface area contributed by atoms with E-state index in [1.807, 2.05) is 12.3 Å². The van der Waals surface area contributed by atoms with Crippen LogP contribution < -0.4 is 10.5 Å². The molecule has 1 heterocycles. The van der Waals surface area contributed by atoms with E-state index in [9.17, 15) is 0 Å². The first kappa shape index (κ1) is 18.4. The minimum Gasteiger partial charge on any atom is -0.464 e. The molecule has 2 rings (SSSR count). The number of benzene rings is 1. The zero-order valence-electron chi connectivity index (χ0n) is 14.3. The molecule has 0 bridgehead atoms. The van der Waals surface area contributed by atoms with E-state index in [1.165, 1.54) is 12.3 Å². The molecule has 0 saturated heterocycles. The molecule has 3 N–H and O–H groups in total. The van der Waals surface area contributed by atoms with Crippen LogP contribution in [-0.4, -0.2) is 19.0 Å². The van der Waals surface area contributed by atoms with Gasteiger partial charge in [0, 0.05) is 18.0 Å². The molecule has 1 aromatic rings. The molecule has 1 aliphatic rings. The van der Waals surface area contributed by atoms with Crippen LogP contribution in [-0.2, 0) is 0 Å². The molecule has 1 atom stereocenters. The molecule has 0 amide bonds. The number of aliphatic imine (C=N–C) groups is 1. The molecule has 0 spiro atoms. The van der Waals surface area contributed by atoms with Gasteiger partial charge in [-0.1, -0.05) is 19.1 Å². The van der Waals surface area contributed by atoms with E-state index < -0.39 is 0 Å². The van der Waals surface area contributed by atoms with E-state index in [0.29, 0.717) is 23.8 Å². The Hall–Kier alpha value is -2.97. The topological polar surface area (TPSA) is 95.2 Å². The van der Waals surface area contributed by atoms with Crippen LogP contribution in [0.3, 0.4) is 0 Å². The van der Waals surface area contributed by atoms with Crippen LogP contribution in [0.5, 0.6) is 5.75 Å². The molecule has 5 heteroatoms. The third-order valence-electron chi connectivity index (χ3n) is 3.74. The van der Waals surface area contributed by atoms with Crippen LogP contribution in [0, 0.1) is 22.7 Å². The van der Waals surface area contributed by atoms with E-state index >= 15 is 0 Å². The van der Waals surface area contributed by atoms with Gasteiger partial charge in [-0.3, -0.25) is 4.99 Å². The molecule has 0 aromatic heterocycles. The highest BCUT2D eigenvalue weighted by Gasteiger charge is 2.12. The molecule has 5 nitrogen and oxygen atoms in total. The number of nitrogens with zero attached hydrogens (tertiary/aromatic N) is 2. The van der Waals surface area contributed by atoms with Gasteiger partial charge >= 0.3 is 0 Å². The summed E-state index contributed by atoms with van der Waals surface area (Å²) in [5, 5.41) is 16.2. The predicted molar refractivity (Wildman–Crippen MR) is 102 cm³/mol. The number of allylic oxidation sites excluding steroid dienone is 3. The number of rotatable bonds is 6. The number of hydrogen-bond donors (Lipinski definition) is 2. The lowest BCUT2D eigenvalue weighted by Gasteiger charge is -2.14. The van der Waals surface area contributed by atoms with Crippen molar-refractivity contribution in [2.75, 3.05) is 6.54 Å². The van der Waals surface area contributed by atoms with Gasteiger partial charge in [0.15, 0.2) is 0 Å². The molecule has 0 radical (unpaired) electrons. The summed E-state index contributed by atoms with van der Waals surface area (Å²) in [5.74, 6) is 0.932. The van der Waals surface area contributed by atoms with Crippen molar-refractivity contribution in [2.24, 2.45) is 16.6 Å². The summed E-state index contributed by atoms with van der Waals surface area (Å²) < 4.78 is 5.61. The highest BCUT2D eigenvalue weighted by Crippen LogP contribution is 2.30. The van der Waals surface area contributed by atoms with Gasteiger partial charge in [0.05, 0.1) is 23.6 Å². The third-order valence-corrected chi connectivity index (χ3v) is 3.74. The summed E-state index contributed by atoms with van der Waals surface area (Å²) in [6.45, 7) is 2.75. The normalized spacial score (nSPS) is 22.7. The summed E-state index contributed by atoms with van der Waals surface area (Å²) in [5.41, 5.74) is 8.92. The van der Waals surface area contributed by atoms with Crippen molar-refractivity contribution in [3.63, 3.8) is 0 Å². The second-order valence-corrected chi connectivity index (χ2v) is 5.78. The van der Waals surface area contributed by atoms with Crippen molar-refractivity contribution in [2.45, 2.75) is 19.8 Å². The Kier molecular flexibility index (Phi) is 6.87. The minimum absolute atomic E-state index is 0.392. The Bertz CT molecular complexity index is 781. The smallest absolute Gasteiger partial charge is 0.137 e. The molecule has 0 unspecified atom stereocenters. The molecule has 0 saturated carbocycles. The highest BCUT2D eigenvalue weighted by atomic mass is 16.5. The van der Waals surface area contributed by atoms with Crippen LogP contribution in [0.2, 0.25) is 0 Å². The second-order valence-electron chi connectivity index (χ2n) is 5.78. The molecular weight excluding hydrogens is 312 g/mol. The van der Waals surface area contributed by atoms with E-state index in [-0.39, 0.29) is 0 Å². The largest absolute Gasteiger partial charge is 0.464 e. The Balaban J connectivity index is 2.42. The van der Waals surface area contributed by atoms with Crippen molar-refractivity contribution >= 4 is 18.1 Å². The highest BCUT2D eigenvalue weighted by molar-refractivity contribution is 5.86. The molecule has 25 heavy (non-hydrogen) atoms. The molecule has 1 aliphatic heterocycles. The fourth-order valence-electron chi connectivity index (χ4n) is 2.53. The molecule has 0 fully saturated rings. The van der Waals surface area contributed by atoms with E-state index in [2.05, 4.69) is 30.1 Å². The van der Waals surface area contributed by atoms with Gasteiger partial charge in [-0.05, 0) is 55.2 Å². The molecule has 0 aliphatic carbocycles. The van der Waals surface area contributed by atoms with Crippen LogP contribution in [0.25, 0.3) is 5.70 Å². The zero-order valence-corrected chi connectivity index (χ0v) is 14.3. The maximum atomic E-state index is 9.12. The maximum Gasteiger partial charge on any atom is 0.137 e. The number of ether oxygens (including phenoxy) is 1. The Morgan fingerprint density at radius 2 is 2.32 bits per heavy atom. The van der Waals surface area contributed by atoms with Crippen molar-refractivity contribution < 1.29 is 4.74 Å². The van der Waals surface area contributed by atoms with Crippen molar-refractivity contribution in [3.8, 4) is 11.8 Å². The van der Waals surface area contributed by atoms with Gasteiger partial charge in [-0.15, -0.1) is 0 Å². The first-order valence-electron chi connectivity index (χ1n) is 8.19. The van der Waals surface area contributed by atoms with Gasteiger partial charge in [-0.2, -0.15) is 5.26 Å². The molecule has 128 valence electrons. The summed E-state index contributed by atoms with van der Waals surface area (Å²) >= 11 is 0. The average Bonchev–Trinajstić information content (AvgIpc) is 2.60. The van der Waals surface area contributed by atoms with Gasteiger partial charge in [0.2, 0.25) is 0 Å². The summed E-state index contributed by atoms with van der Waals surface area (Å²) in [4.78, 5) is 4.61. The lowest BCUT2D eigenvalue weighted by atomic mass is 9.99. The predicted octanol–water partition coefficient (Wildman–Crippen LogP) is 3.83. The quantitative estimate of drug-likeness (QED) is 0.611. The first-order valence-corrected chi connectivity index (χ1v) is 8.19. The van der Waals surface area contributed by atoms with Crippen LogP contribution >= 0.6 is 0 Å². The zero-order chi connectivity index (χ0) is 18.1. The maximum absolute atomic E-state index is 9.12. The number of nitrogens with one attached hydrogen (secondary N) is 1. The number of nitriles is 1. The number of nitrogens with two attached hydrogens (primary N) is 1. The standard InChI is InChI=1S/C20H22N4O/c1-15-3-6-19(24-14-17(11-15)7-9-22)18-5-4-16(13-23)12-20(18)25-10-2-8-21/h2,4-6,8,10-12,14-15,21H,3,7,9,22H2,1H3/b10-2+,17-11-,19-6+,21-8?,24-14+/t15-/m1/s1. The lowest BCUT2D eigenvalue weighted by molar-refractivity contribution is 0.480. The summed E-state index contributed by atoms with van der Waals surface area (Å²) in [7, 11) is 0. The second kappa shape index (κ2) is 9.36. The van der Waals surface area contributed by atoms with Gasteiger partial charge in [0.25, 0.3) is 0 Å². The summed E-state index contributed by atoms with van der Waals surface area (Å²) in [6, 6.07) is 7.38. The number of hydrogen-bond acceptors (Lipinski definition) is 5. The van der Waals surface area contributed by atoms with Crippen LogP contribution in [0.1, 0.15) is 30.9 Å². The molecular formula is C20H22N4O. The van der Waals surface area contributed by atoms with Crippen molar-refractivity contribution in [1.82, 2.24) is 0 Å². The Morgan fingerprint density at radius 1 is 1.48 bits per heavy atom.